The van der Waals surface area contributed by atoms with Gasteiger partial charge in [-0.1, -0.05) is 24.3 Å². The number of hydrogen-bond donors (Lipinski definition) is 0. The molecule has 0 saturated heterocycles. The van der Waals surface area contributed by atoms with Crippen molar-refractivity contribution in [2.45, 2.75) is 13.3 Å². The highest BCUT2D eigenvalue weighted by atomic mass is 16.6. The summed E-state index contributed by atoms with van der Waals surface area (Å²) in [7, 11) is 1.47. The SMILES string of the molecule is C=C(CC(=O)Oc1ccc(C)cc1)C(=O)OCC(=O)OCCOC. The zero-order chi connectivity index (χ0) is 17.9. The molecule has 130 valence electrons. The van der Waals surface area contributed by atoms with E-state index in [-0.39, 0.29) is 25.2 Å². The van der Waals surface area contributed by atoms with Crippen LogP contribution in [0.2, 0.25) is 0 Å². The first-order chi connectivity index (χ1) is 11.4. The number of methoxy groups -OCH3 is 1. The first kappa shape index (κ1) is 19.4. The fraction of sp³-hybridized carbons (Fsp3) is 0.353. The van der Waals surface area contributed by atoms with E-state index in [2.05, 4.69) is 6.58 Å². The third-order valence-corrected chi connectivity index (χ3v) is 2.77. The fourth-order valence-corrected chi connectivity index (χ4v) is 1.53. The van der Waals surface area contributed by atoms with Crippen molar-refractivity contribution in [2.75, 3.05) is 26.9 Å². The molecule has 0 radical (unpaired) electrons. The van der Waals surface area contributed by atoms with E-state index in [0.29, 0.717) is 5.75 Å². The molecule has 0 unspecified atom stereocenters. The number of esters is 3. The van der Waals surface area contributed by atoms with Crippen LogP contribution in [0.15, 0.2) is 36.4 Å². The lowest BCUT2D eigenvalue weighted by molar-refractivity contribution is -0.157. The third kappa shape index (κ3) is 7.55. The standard InChI is InChI=1S/C17H20O7/c1-12-4-6-14(7-5-12)24-15(18)10-13(2)17(20)23-11-16(19)22-9-8-21-3/h4-7H,2,8-11H2,1,3H3. The van der Waals surface area contributed by atoms with Gasteiger partial charge >= 0.3 is 17.9 Å². The van der Waals surface area contributed by atoms with E-state index in [4.69, 9.17) is 18.9 Å². The summed E-state index contributed by atoms with van der Waals surface area (Å²) in [5.41, 5.74) is 0.914. The predicted octanol–water partition coefficient (Wildman–Crippen LogP) is 1.58. The molecule has 0 N–H and O–H groups in total. The van der Waals surface area contributed by atoms with Crippen LogP contribution in [-0.2, 0) is 28.6 Å². The molecule has 0 spiro atoms. The topological polar surface area (TPSA) is 88.1 Å². The highest BCUT2D eigenvalue weighted by molar-refractivity contribution is 5.94. The predicted molar refractivity (Wildman–Crippen MR) is 84.4 cm³/mol. The van der Waals surface area contributed by atoms with Crippen LogP contribution in [0, 0.1) is 6.92 Å². The van der Waals surface area contributed by atoms with Gasteiger partial charge in [-0.05, 0) is 19.1 Å². The lowest BCUT2D eigenvalue weighted by Gasteiger charge is -2.08. The summed E-state index contributed by atoms with van der Waals surface area (Å²) in [6.07, 6.45) is -0.342. The van der Waals surface area contributed by atoms with Gasteiger partial charge < -0.3 is 18.9 Å². The summed E-state index contributed by atoms with van der Waals surface area (Å²) in [6.45, 7) is 5.12. The van der Waals surface area contributed by atoms with E-state index in [1.165, 1.54) is 7.11 Å². The van der Waals surface area contributed by atoms with E-state index in [1.54, 1.807) is 24.3 Å². The molecule has 1 rings (SSSR count). The van der Waals surface area contributed by atoms with Crippen molar-refractivity contribution >= 4 is 17.9 Å². The zero-order valence-corrected chi connectivity index (χ0v) is 13.7. The second kappa shape index (κ2) is 10.2. The Morgan fingerprint density at radius 3 is 2.29 bits per heavy atom. The van der Waals surface area contributed by atoms with Crippen molar-refractivity contribution in [3.8, 4) is 5.75 Å². The molecule has 0 saturated carbocycles. The number of ether oxygens (including phenoxy) is 4. The summed E-state index contributed by atoms with van der Waals surface area (Å²) < 4.78 is 19.2. The van der Waals surface area contributed by atoms with Crippen LogP contribution in [0.3, 0.4) is 0 Å². The molecule has 1 aromatic carbocycles. The Kier molecular flexibility index (Phi) is 8.21. The molecule has 0 fully saturated rings. The first-order valence-corrected chi connectivity index (χ1v) is 7.19. The van der Waals surface area contributed by atoms with Gasteiger partial charge in [0, 0.05) is 12.7 Å². The molecule has 0 atom stereocenters. The highest BCUT2D eigenvalue weighted by Crippen LogP contribution is 2.13. The van der Waals surface area contributed by atoms with E-state index < -0.39 is 24.5 Å². The smallest absolute Gasteiger partial charge is 0.344 e. The third-order valence-electron chi connectivity index (χ3n) is 2.77. The Labute approximate surface area is 140 Å². The molecular formula is C17H20O7. The van der Waals surface area contributed by atoms with Crippen molar-refractivity contribution in [1.29, 1.82) is 0 Å². The van der Waals surface area contributed by atoms with Gasteiger partial charge in [0.2, 0.25) is 0 Å². The fourth-order valence-electron chi connectivity index (χ4n) is 1.53. The molecule has 7 nitrogen and oxygen atoms in total. The lowest BCUT2D eigenvalue weighted by atomic mass is 10.2. The van der Waals surface area contributed by atoms with E-state index in [0.717, 1.165) is 5.56 Å². The van der Waals surface area contributed by atoms with Crippen LogP contribution < -0.4 is 4.74 Å². The van der Waals surface area contributed by atoms with Gasteiger partial charge in [0.15, 0.2) is 6.61 Å². The Hall–Kier alpha value is -2.67. The van der Waals surface area contributed by atoms with Gasteiger partial charge in [0.1, 0.15) is 12.4 Å². The Morgan fingerprint density at radius 1 is 1.00 bits per heavy atom. The molecular weight excluding hydrogens is 316 g/mol. The van der Waals surface area contributed by atoms with Crippen LogP contribution >= 0.6 is 0 Å². The largest absolute Gasteiger partial charge is 0.461 e. The summed E-state index contributed by atoms with van der Waals surface area (Å²) in [6, 6.07) is 6.87. The van der Waals surface area contributed by atoms with E-state index in [9.17, 15) is 14.4 Å². The monoisotopic (exact) mass is 336 g/mol. The Morgan fingerprint density at radius 2 is 1.67 bits per heavy atom. The maximum Gasteiger partial charge on any atom is 0.344 e. The first-order valence-electron chi connectivity index (χ1n) is 7.19. The normalized spacial score (nSPS) is 9.92. The van der Waals surface area contributed by atoms with Gasteiger partial charge in [-0.2, -0.15) is 0 Å². The van der Waals surface area contributed by atoms with Gasteiger partial charge in [0.25, 0.3) is 0 Å². The van der Waals surface area contributed by atoms with E-state index in [1.807, 2.05) is 6.92 Å². The summed E-state index contributed by atoms with van der Waals surface area (Å²) >= 11 is 0. The number of hydrogen-bond acceptors (Lipinski definition) is 7. The average molecular weight is 336 g/mol. The Balaban J connectivity index is 2.32. The molecule has 1 aromatic rings. The maximum atomic E-state index is 11.7. The minimum absolute atomic E-state index is 0.0662. The van der Waals surface area contributed by atoms with Crippen LogP contribution in [0.1, 0.15) is 12.0 Å². The van der Waals surface area contributed by atoms with Crippen LogP contribution in [0.4, 0.5) is 0 Å². The van der Waals surface area contributed by atoms with Crippen molar-refractivity contribution < 1.29 is 33.3 Å². The molecule has 0 aliphatic heterocycles. The molecule has 0 aromatic heterocycles. The molecule has 0 aliphatic rings. The molecule has 24 heavy (non-hydrogen) atoms. The second-order valence-electron chi connectivity index (χ2n) is 4.86. The van der Waals surface area contributed by atoms with Crippen molar-refractivity contribution in [3.63, 3.8) is 0 Å². The van der Waals surface area contributed by atoms with Gasteiger partial charge in [0.05, 0.1) is 13.0 Å². The molecule has 0 bridgehead atoms. The van der Waals surface area contributed by atoms with Crippen molar-refractivity contribution in [1.82, 2.24) is 0 Å². The summed E-state index contributed by atoms with van der Waals surface area (Å²) in [5.74, 6) is -1.85. The summed E-state index contributed by atoms with van der Waals surface area (Å²) in [4.78, 5) is 34.6. The van der Waals surface area contributed by atoms with E-state index >= 15 is 0 Å². The number of carbonyl (C=O) groups excluding carboxylic acids is 3. The minimum Gasteiger partial charge on any atom is -0.461 e. The quantitative estimate of drug-likeness (QED) is 0.293. The van der Waals surface area contributed by atoms with Crippen molar-refractivity contribution in [3.05, 3.63) is 42.0 Å². The molecule has 0 aliphatic carbocycles. The molecule has 0 amide bonds. The number of carbonyl (C=O) groups is 3. The second-order valence-corrected chi connectivity index (χ2v) is 4.86. The number of aryl methyl sites for hydroxylation is 1. The van der Waals surface area contributed by atoms with Crippen molar-refractivity contribution in [2.24, 2.45) is 0 Å². The zero-order valence-electron chi connectivity index (χ0n) is 13.7. The average Bonchev–Trinajstić information content (AvgIpc) is 2.54. The van der Waals surface area contributed by atoms with Crippen LogP contribution in [0.5, 0.6) is 5.75 Å². The number of benzene rings is 1. The van der Waals surface area contributed by atoms with Gasteiger partial charge in [-0.25, -0.2) is 9.59 Å². The van der Waals surface area contributed by atoms with Crippen LogP contribution in [0.25, 0.3) is 0 Å². The maximum absolute atomic E-state index is 11.7. The molecule has 0 heterocycles. The number of rotatable bonds is 9. The highest BCUT2D eigenvalue weighted by Gasteiger charge is 2.16. The van der Waals surface area contributed by atoms with Gasteiger partial charge in [-0.15, -0.1) is 0 Å². The summed E-state index contributed by atoms with van der Waals surface area (Å²) in [5, 5.41) is 0. The minimum atomic E-state index is -0.862. The van der Waals surface area contributed by atoms with Crippen LogP contribution in [-0.4, -0.2) is 44.8 Å². The Bertz CT molecular complexity index is 589. The van der Waals surface area contributed by atoms with Gasteiger partial charge in [-0.3, -0.25) is 4.79 Å². The lowest BCUT2D eigenvalue weighted by Crippen LogP contribution is -2.20. The molecule has 7 heteroatoms.